The van der Waals surface area contributed by atoms with Crippen LogP contribution in [0.4, 0.5) is 5.69 Å². The molecule has 4 heteroatoms. The number of ether oxygens (including phenoxy) is 1. The molecule has 0 aliphatic heterocycles. The lowest BCUT2D eigenvalue weighted by Gasteiger charge is -2.17. The van der Waals surface area contributed by atoms with Gasteiger partial charge in [-0.1, -0.05) is 12.1 Å². The smallest absolute Gasteiger partial charge is 0.142 e. The van der Waals surface area contributed by atoms with Crippen molar-refractivity contribution < 1.29 is 4.74 Å². The summed E-state index contributed by atoms with van der Waals surface area (Å²) in [4.78, 5) is 4.08. The van der Waals surface area contributed by atoms with Crippen LogP contribution in [0.1, 0.15) is 17.2 Å². The molecule has 0 amide bonds. The van der Waals surface area contributed by atoms with Gasteiger partial charge in [0.25, 0.3) is 0 Å². The van der Waals surface area contributed by atoms with Gasteiger partial charge in [0.1, 0.15) is 11.8 Å². The van der Waals surface area contributed by atoms with Gasteiger partial charge in [0.2, 0.25) is 0 Å². The normalized spacial score (nSPS) is 11.4. The lowest BCUT2D eigenvalue weighted by Crippen LogP contribution is -2.11. The fourth-order valence-corrected chi connectivity index (χ4v) is 1.88. The van der Waals surface area contributed by atoms with Crippen LogP contribution in [-0.4, -0.2) is 12.1 Å². The molecule has 0 aliphatic carbocycles. The van der Waals surface area contributed by atoms with Crippen molar-refractivity contribution in [3.8, 4) is 11.8 Å². The number of nitrogens with zero attached hydrogens (tertiary/aromatic N) is 2. The summed E-state index contributed by atoms with van der Waals surface area (Å²) in [5.74, 6) is 0.712. The molecule has 19 heavy (non-hydrogen) atoms. The molecule has 0 saturated heterocycles. The van der Waals surface area contributed by atoms with Gasteiger partial charge in [-0.3, -0.25) is 4.98 Å². The predicted molar refractivity (Wildman–Crippen MR) is 73.9 cm³/mol. The molecule has 1 N–H and O–H groups in total. The fourth-order valence-electron chi connectivity index (χ4n) is 1.88. The molecule has 1 aromatic heterocycles. The number of pyridine rings is 1. The Bertz CT molecular complexity index is 604. The Morgan fingerprint density at radius 3 is 2.79 bits per heavy atom. The van der Waals surface area contributed by atoms with Crippen molar-refractivity contribution in [2.24, 2.45) is 0 Å². The Kier molecular flexibility index (Phi) is 3.99. The molecule has 0 fully saturated rings. The van der Waals surface area contributed by atoms with Crippen LogP contribution < -0.4 is 10.1 Å². The number of aromatic nitrogens is 1. The summed E-state index contributed by atoms with van der Waals surface area (Å²) < 4.78 is 5.27. The Morgan fingerprint density at radius 1 is 1.32 bits per heavy atom. The number of benzene rings is 1. The first-order valence-electron chi connectivity index (χ1n) is 5.96. The van der Waals surface area contributed by atoms with Crippen LogP contribution in [0.2, 0.25) is 0 Å². The zero-order chi connectivity index (χ0) is 13.7. The van der Waals surface area contributed by atoms with Crippen molar-refractivity contribution in [3.05, 3.63) is 53.9 Å². The van der Waals surface area contributed by atoms with Crippen molar-refractivity contribution in [1.29, 1.82) is 5.26 Å². The number of para-hydroxylation sites is 2. The van der Waals surface area contributed by atoms with Crippen molar-refractivity contribution >= 4 is 5.69 Å². The van der Waals surface area contributed by atoms with Crippen molar-refractivity contribution in [3.63, 3.8) is 0 Å². The predicted octanol–water partition coefficient (Wildman–Crippen LogP) is 3.08. The maximum Gasteiger partial charge on any atom is 0.142 e. The quantitative estimate of drug-likeness (QED) is 0.909. The maximum atomic E-state index is 9.35. The standard InChI is InChI=1S/C15H15N3O/c1-11-7-8-17-10-12(11)14(9-16)18-13-5-3-4-6-15(13)19-2/h3-8,10,14,18H,1-2H3. The number of anilines is 1. The van der Waals surface area contributed by atoms with Gasteiger partial charge in [0.05, 0.1) is 18.9 Å². The fraction of sp³-hybridized carbons (Fsp3) is 0.200. The molecular formula is C15H15N3O. The number of nitrogens with one attached hydrogen (secondary N) is 1. The number of rotatable bonds is 4. The van der Waals surface area contributed by atoms with Gasteiger partial charge in [-0.15, -0.1) is 0 Å². The van der Waals surface area contributed by atoms with E-state index in [1.807, 2.05) is 37.3 Å². The molecular weight excluding hydrogens is 238 g/mol. The molecule has 0 spiro atoms. The Morgan fingerprint density at radius 2 is 2.11 bits per heavy atom. The highest BCUT2D eigenvalue weighted by atomic mass is 16.5. The zero-order valence-corrected chi connectivity index (χ0v) is 10.9. The molecule has 1 heterocycles. The molecule has 0 bridgehead atoms. The van der Waals surface area contributed by atoms with E-state index in [0.29, 0.717) is 5.75 Å². The molecule has 1 atom stereocenters. The second kappa shape index (κ2) is 5.87. The Hall–Kier alpha value is -2.54. The third kappa shape index (κ3) is 2.83. The highest BCUT2D eigenvalue weighted by molar-refractivity contribution is 5.58. The highest BCUT2D eigenvalue weighted by Crippen LogP contribution is 2.28. The van der Waals surface area contributed by atoms with Crippen LogP contribution in [0.3, 0.4) is 0 Å². The van der Waals surface area contributed by atoms with Crippen LogP contribution in [-0.2, 0) is 0 Å². The van der Waals surface area contributed by atoms with E-state index >= 15 is 0 Å². The van der Waals surface area contributed by atoms with Gasteiger partial charge in [-0.2, -0.15) is 5.26 Å². The van der Waals surface area contributed by atoms with E-state index in [9.17, 15) is 5.26 Å². The van der Waals surface area contributed by atoms with Crippen LogP contribution in [0.25, 0.3) is 0 Å². The van der Waals surface area contributed by atoms with Gasteiger partial charge >= 0.3 is 0 Å². The number of nitriles is 1. The minimum atomic E-state index is -0.454. The maximum absolute atomic E-state index is 9.35. The molecule has 1 aromatic carbocycles. The molecule has 0 radical (unpaired) electrons. The van der Waals surface area contributed by atoms with Gasteiger partial charge in [0.15, 0.2) is 0 Å². The first-order valence-corrected chi connectivity index (χ1v) is 5.96. The van der Waals surface area contributed by atoms with Gasteiger partial charge < -0.3 is 10.1 Å². The number of methoxy groups -OCH3 is 1. The number of hydrogen-bond acceptors (Lipinski definition) is 4. The number of aryl methyl sites for hydroxylation is 1. The zero-order valence-electron chi connectivity index (χ0n) is 10.9. The van der Waals surface area contributed by atoms with Gasteiger partial charge in [-0.05, 0) is 30.7 Å². The second-order valence-electron chi connectivity index (χ2n) is 4.14. The summed E-state index contributed by atoms with van der Waals surface area (Å²) in [7, 11) is 1.61. The third-order valence-electron chi connectivity index (χ3n) is 2.93. The summed E-state index contributed by atoms with van der Waals surface area (Å²) in [6.45, 7) is 1.96. The van der Waals surface area contributed by atoms with Crippen LogP contribution in [0.5, 0.6) is 5.75 Å². The topological polar surface area (TPSA) is 57.9 Å². The van der Waals surface area contributed by atoms with Crippen LogP contribution >= 0.6 is 0 Å². The molecule has 2 aromatic rings. The largest absolute Gasteiger partial charge is 0.495 e. The third-order valence-corrected chi connectivity index (χ3v) is 2.93. The van der Waals surface area contributed by atoms with E-state index in [-0.39, 0.29) is 0 Å². The average Bonchev–Trinajstić information content (AvgIpc) is 2.46. The molecule has 0 aliphatic rings. The molecule has 96 valence electrons. The SMILES string of the molecule is COc1ccccc1NC(C#N)c1cnccc1C. The van der Waals surface area contributed by atoms with Gasteiger partial charge in [0, 0.05) is 18.0 Å². The molecule has 0 saturated carbocycles. The number of hydrogen-bond donors (Lipinski definition) is 1. The van der Waals surface area contributed by atoms with Crippen LogP contribution in [0.15, 0.2) is 42.7 Å². The summed E-state index contributed by atoms with van der Waals surface area (Å²) in [6.07, 6.45) is 3.43. The molecule has 2 rings (SSSR count). The first-order chi connectivity index (χ1) is 9.26. The summed E-state index contributed by atoms with van der Waals surface area (Å²) in [6, 6.07) is 11.2. The average molecular weight is 253 g/mol. The minimum Gasteiger partial charge on any atom is -0.495 e. The van der Waals surface area contributed by atoms with E-state index < -0.39 is 6.04 Å². The van der Waals surface area contributed by atoms with Crippen LogP contribution in [0, 0.1) is 18.3 Å². The summed E-state index contributed by atoms with van der Waals surface area (Å²) in [5.41, 5.74) is 2.69. The minimum absolute atomic E-state index is 0.454. The summed E-state index contributed by atoms with van der Waals surface area (Å²) >= 11 is 0. The Labute approximate surface area is 112 Å². The van der Waals surface area contributed by atoms with Crippen molar-refractivity contribution in [2.75, 3.05) is 12.4 Å². The van der Waals surface area contributed by atoms with Crippen molar-refractivity contribution in [2.45, 2.75) is 13.0 Å². The highest BCUT2D eigenvalue weighted by Gasteiger charge is 2.14. The Balaban J connectivity index is 2.30. The monoisotopic (exact) mass is 253 g/mol. The molecule has 1 unspecified atom stereocenters. The molecule has 4 nitrogen and oxygen atoms in total. The van der Waals surface area contributed by atoms with E-state index in [2.05, 4.69) is 16.4 Å². The lowest BCUT2D eigenvalue weighted by molar-refractivity contribution is 0.416. The van der Waals surface area contributed by atoms with E-state index in [1.54, 1.807) is 19.5 Å². The summed E-state index contributed by atoms with van der Waals surface area (Å²) in [5, 5.41) is 12.5. The lowest BCUT2D eigenvalue weighted by atomic mass is 10.0. The van der Waals surface area contributed by atoms with E-state index in [4.69, 9.17) is 4.74 Å². The first kappa shape index (κ1) is 12.9. The van der Waals surface area contributed by atoms with Gasteiger partial charge in [-0.25, -0.2) is 0 Å². The second-order valence-corrected chi connectivity index (χ2v) is 4.14. The van der Waals surface area contributed by atoms with Crippen molar-refractivity contribution in [1.82, 2.24) is 4.98 Å². The van der Waals surface area contributed by atoms with E-state index in [0.717, 1.165) is 16.8 Å². The van der Waals surface area contributed by atoms with E-state index in [1.165, 1.54) is 0 Å².